The Balaban J connectivity index is 2.55. The topological polar surface area (TPSA) is 34.1 Å². The van der Waals surface area contributed by atoms with Gasteiger partial charge in [0, 0.05) is 18.2 Å². The standard InChI is InChI=1S/C8H11BrO2/c9-5-4-6-7(10)2-1-3-8(6)11/h6H,1-5H2. The molecule has 0 N–H and O–H groups in total. The van der Waals surface area contributed by atoms with Gasteiger partial charge in [-0.3, -0.25) is 9.59 Å². The molecule has 1 rings (SSSR count). The van der Waals surface area contributed by atoms with E-state index in [0.29, 0.717) is 19.3 Å². The molecule has 1 fully saturated rings. The summed E-state index contributed by atoms with van der Waals surface area (Å²) in [6.45, 7) is 0. The van der Waals surface area contributed by atoms with Crippen LogP contribution in [-0.2, 0) is 9.59 Å². The third-order valence-corrected chi connectivity index (χ3v) is 2.48. The summed E-state index contributed by atoms with van der Waals surface area (Å²) in [7, 11) is 0. The largest absolute Gasteiger partial charge is 0.299 e. The van der Waals surface area contributed by atoms with Crippen LogP contribution in [0.3, 0.4) is 0 Å². The van der Waals surface area contributed by atoms with Gasteiger partial charge in [-0.05, 0) is 12.8 Å². The fraction of sp³-hybridized carbons (Fsp3) is 0.750. The van der Waals surface area contributed by atoms with E-state index in [1.807, 2.05) is 0 Å². The van der Waals surface area contributed by atoms with Gasteiger partial charge in [-0.15, -0.1) is 0 Å². The Morgan fingerprint density at radius 3 is 2.27 bits per heavy atom. The average molecular weight is 219 g/mol. The SMILES string of the molecule is O=C1CCCC(=O)C1CCBr. The molecular formula is C8H11BrO2. The van der Waals surface area contributed by atoms with Crippen molar-refractivity contribution in [3.05, 3.63) is 0 Å². The van der Waals surface area contributed by atoms with Gasteiger partial charge in [-0.2, -0.15) is 0 Å². The number of halogens is 1. The molecule has 1 aliphatic rings. The molecule has 2 nitrogen and oxygen atoms in total. The number of rotatable bonds is 2. The van der Waals surface area contributed by atoms with Crippen LogP contribution in [0.15, 0.2) is 0 Å². The van der Waals surface area contributed by atoms with Gasteiger partial charge in [0.2, 0.25) is 0 Å². The summed E-state index contributed by atoms with van der Waals surface area (Å²) in [6, 6.07) is 0. The van der Waals surface area contributed by atoms with Gasteiger partial charge in [0.05, 0.1) is 5.92 Å². The minimum Gasteiger partial charge on any atom is -0.299 e. The first kappa shape index (κ1) is 8.91. The molecule has 1 saturated carbocycles. The minimum atomic E-state index is -0.289. The molecular weight excluding hydrogens is 208 g/mol. The fourth-order valence-electron chi connectivity index (χ4n) is 1.40. The van der Waals surface area contributed by atoms with E-state index in [4.69, 9.17) is 0 Å². The van der Waals surface area contributed by atoms with Crippen LogP contribution >= 0.6 is 15.9 Å². The Kier molecular flexibility index (Phi) is 3.24. The smallest absolute Gasteiger partial charge is 0.143 e. The number of ketones is 2. The molecule has 0 aliphatic heterocycles. The lowest BCUT2D eigenvalue weighted by Crippen LogP contribution is -2.28. The lowest BCUT2D eigenvalue weighted by Gasteiger charge is -2.17. The maximum Gasteiger partial charge on any atom is 0.143 e. The Bertz CT molecular complexity index is 161. The minimum absolute atomic E-state index is 0.140. The number of carbonyl (C=O) groups excluding carboxylic acids is 2. The lowest BCUT2D eigenvalue weighted by molar-refractivity contribution is -0.135. The van der Waals surface area contributed by atoms with Crippen LogP contribution in [0.4, 0.5) is 0 Å². The van der Waals surface area contributed by atoms with E-state index in [0.717, 1.165) is 11.8 Å². The number of alkyl halides is 1. The van der Waals surface area contributed by atoms with E-state index in [2.05, 4.69) is 15.9 Å². The molecule has 0 heterocycles. The molecule has 0 saturated heterocycles. The number of hydrogen-bond acceptors (Lipinski definition) is 2. The quantitative estimate of drug-likeness (QED) is 0.523. The van der Waals surface area contributed by atoms with E-state index < -0.39 is 0 Å². The zero-order valence-corrected chi connectivity index (χ0v) is 7.89. The molecule has 62 valence electrons. The van der Waals surface area contributed by atoms with E-state index in [1.54, 1.807) is 0 Å². The second-order valence-corrected chi connectivity index (χ2v) is 3.61. The summed E-state index contributed by atoms with van der Waals surface area (Å²) in [5, 5.41) is 0.745. The maximum absolute atomic E-state index is 11.2. The second-order valence-electron chi connectivity index (χ2n) is 2.82. The highest BCUT2D eigenvalue weighted by Gasteiger charge is 2.28. The Hall–Kier alpha value is -0.180. The molecule has 0 aromatic carbocycles. The van der Waals surface area contributed by atoms with E-state index in [9.17, 15) is 9.59 Å². The van der Waals surface area contributed by atoms with E-state index in [-0.39, 0.29) is 17.5 Å². The third-order valence-electron chi connectivity index (χ3n) is 2.02. The third kappa shape index (κ3) is 2.12. The summed E-state index contributed by atoms with van der Waals surface area (Å²) in [6.07, 6.45) is 2.64. The first-order chi connectivity index (χ1) is 5.25. The highest BCUT2D eigenvalue weighted by molar-refractivity contribution is 9.09. The monoisotopic (exact) mass is 218 g/mol. The van der Waals surface area contributed by atoms with Crippen LogP contribution < -0.4 is 0 Å². The summed E-state index contributed by atoms with van der Waals surface area (Å²) in [5.41, 5.74) is 0. The van der Waals surface area contributed by atoms with Gasteiger partial charge in [-0.1, -0.05) is 15.9 Å². The predicted octanol–water partition coefficient (Wildman–Crippen LogP) is 1.71. The zero-order valence-electron chi connectivity index (χ0n) is 6.31. The Morgan fingerprint density at radius 2 is 1.82 bits per heavy atom. The Morgan fingerprint density at radius 1 is 1.27 bits per heavy atom. The van der Waals surface area contributed by atoms with Crippen molar-refractivity contribution in [2.75, 3.05) is 5.33 Å². The van der Waals surface area contributed by atoms with Crippen molar-refractivity contribution in [2.45, 2.75) is 25.7 Å². The summed E-state index contributed by atoms with van der Waals surface area (Å²) >= 11 is 3.24. The molecule has 0 atom stereocenters. The van der Waals surface area contributed by atoms with Crippen molar-refractivity contribution < 1.29 is 9.59 Å². The van der Waals surface area contributed by atoms with E-state index in [1.165, 1.54) is 0 Å². The molecule has 1 aliphatic carbocycles. The van der Waals surface area contributed by atoms with Crippen molar-refractivity contribution in [1.82, 2.24) is 0 Å². The molecule has 0 aromatic rings. The highest BCUT2D eigenvalue weighted by Crippen LogP contribution is 2.20. The normalized spacial score (nSPS) is 20.8. The van der Waals surface area contributed by atoms with E-state index >= 15 is 0 Å². The molecule has 0 amide bonds. The second kappa shape index (κ2) is 4.00. The molecule has 0 radical (unpaired) electrons. The molecule has 0 unspecified atom stereocenters. The van der Waals surface area contributed by atoms with Gasteiger partial charge < -0.3 is 0 Å². The average Bonchev–Trinajstić information content (AvgIpc) is 1.97. The van der Waals surface area contributed by atoms with Crippen molar-refractivity contribution in [3.63, 3.8) is 0 Å². The summed E-state index contributed by atoms with van der Waals surface area (Å²) in [4.78, 5) is 22.3. The molecule has 3 heteroatoms. The van der Waals surface area contributed by atoms with Crippen molar-refractivity contribution in [2.24, 2.45) is 5.92 Å². The molecule has 0 aromatic heterocycles. The van der Waals surface area contributed by atoms with Crippen LogP contribution in [-0.4, -0.2) is 16.9 Å². The molecule has 11 heavy (non-hydrogen) atoms. The van der Waals surface area contributed by atoms with Crippen LogP contribution in [0.2, 0.25) is 0 Å². The predicted molar refractivity (Wildman–Crippen MR) is 45.8 cm³/mol. The maximum atomic E-state index is 11.2. The van der Waals surface area contributed by atoms with Crippen LogP contribution in [0.1, 0.15) is 25.7 Å². The van der Waals surface area contributed by atoms with Crippen LogP contribution in [0, 0.1) is 5.92 Å². The number of Topliss-reactive ketones (excluding diaryl/α,β-unsaturated/α-hetero) is 2. The van der Waals surface area contributed by atoms with Gasteiger partial charge in [0.25, 0.3) is 0 Å². The zero-order chi connectivity index (χ0) is 8.27. The first-order valence-corrected chi connectivity index (χ1v) is 4.99. The molecule has 0 spiro atoms. The first-order valence-electron chi connectivity index (χ1n) is 3.87. The fourth-order valence-corrected chi connectivity index (χ4v) is 1.85. The lowest BCUT2D eigenvalue weighted by atomic mass is 9.85. The van der Waals surface area contributed by atoms with Crippen LogP contribution in [0.5, 0.6) is 0 Å². The number of hydrogen-bond donors (Lipinski definition) is 0. The van der Waals surface area contributed by atoms with Crippen molar-refractivity contribution in [3.8, 4) is 0 Å². The van der Waals surface area contributed by atoms with Crippen LogP contribution in [0.25, 0.3) is 0 Å². The highest BCUT2D eigenvalue weighted by atomic mass is 79.9. The van der Waals surface area contributed by atoms with Gasteiger partial charge in [0.1, 0.15) is 11.6 Å². The summed E-state index contributed by atoms with van der Waals surface area (Å²) < 4.78 is 0. The van der Waals surface area contributed by atoms with Gasteiger partial charge in [0.15, 0.2) is 0 Å². The van der Waals surface area contributed by atoms with Crippen molar-refractivity contribution >= 4 is 27.5 Å². The Labute approximate surface area is 74.5 Å². The molecule has 0 bridgehead atoms. The summed E-state index contributed by atoms with van der Waals surface area (Å²) in [5.74, 6) is -0.00970. The van der Waals surface area contributed by atoms with Gasteiger partial charge >= 0.3 is 0 Å². The number of carbonyl (C=O) groups is 2. The van der Waals surface area contributed by atoms with Crippen molar-refractivity contribution in [1.29, 1.82) is 0 Å². The van der Waals surface area contributed by atoms with Gasteiger partial charge in [-0.25, -0.2) is 0 Å².